The van der Waals surface area contributed by atoms with E-state index >= 15 is 0 Å². The van der Waals surface area contributed by atoms with Crippen molar-refractivity contribution in [3.8, 4) is 5.75 Å². The van der Waals surface area contributed by atoms with Gasteiger partial charge in [0.2, 0.25) is 0 Å². The predicted molar refractivity (Wildman–Crippen MR) is 95.9 cm³/mol. The number of carbonyl (C=O) groups is 2. The van der Waals surface area contributed by atoms with Gasteiger partial charge in [-0.05, 0) is 45.7 Å². The molecule has 0 aromatic heterocycles. The molecule has 1 heterocycles. The Balaban J connectivity index is 2.10. The lowest BCUT2D eigenvalue weighted by Gasteiger charge is -2.28. The smallest absolute Gasteiger partial charge is 0.410 e. The number of hydrogen-bond acceptors (Lipinski definition) is 7. The first-order valence-electron chi connectivity index (χ1n) is 8.61. The van der Waals surface area contributed by atoms with Gasteiger partial charge in [0.15, 0.2) is 5.75 Å². The summed E-state index contributed by atoms with van der Waals surface area (Å²) in [7, 11) is 1.20. The van der Waals surface area contributed by atoms with Crippen LogP contribution in [0.4, 0.5) is 10.5 Å². The van der Waals surface area contributed by atoms with Crippen LogP contribution in [-0.4, -0.2) is 53.8 Å². The normalized spacial score (nSPS) is 16.7. The molecule has 2 rings (SSSR count). The van der Waals surface area contributed by atoms with Crippen molar-refractivity contribution in [3.63, 3.8) is 0 Å². The minimum Gasteiger partial charge on any atom is -0.485 e. The predicted octanol–water partition coefficient (Wildman–Crippen LogP) is 3.16. The summed E-state index contributed by atoms with van der Waals surface area (Å²) in [6.45, 7) is 6.01. The van der Waals surface area contributed by atoms with Gasteiger partial charge in [0.25, 0.3) is 0 Å². The molecule has 9 heteroatoms. The number of ether oxygens (including phenoxy) is 3. The van der Waals surface area contributed by atoms with Gasteiger partial charge < -0.3 is 19.1 Å². The highest BCUT2D eigenvalue weighted by atomic mass is 16.6. The summed E-state index contributed by atoms with van der Waals surface area (Å²) in [5.41, 5.74) is -0.874. The highest BCUT2D eigenvalue weighted by Gasteiger charge is 2.33. The first kappa shape index (κ1) is 20.5. The molecule has 1 aromatic rings. The summed E-state index contributed by atoms with van der Waals surface area (Å²) >= 11 is 0. The average molecular weight is 380 g/mol. The maximum atomic E-state index is 12.3. The molecular weight excluding hydrogens is 356 g/mol. The van der Waals surface area contributed by atoms with Crippen LogP contribution in [0.15, 0.2) is 18.2 Å². The third-order valence-electron chi connectivity index (χ3n) is 4.01. The molecule has 1 saturated heterocycles. The van der Waals surface area contributed by atoms with Crippen molar-refractivity contribution in [1.29, 1.82) is 0 Å². The van der Waals surface area contributed by atoms with Gasteiger partial charge in [0.05, 0.1) is 23.6 Å². The lowest BCUT2D eigenvalue weighted by Crippen LogP contribution is -2.42. The number of amides is 1. The van der Waals surface area contributed by atoms with E-state index in [0.29, 0.717) is 13.0 Å². The van der Waals surface area contributed by atoms with E-state index in [4.69, 9.17) is 9.47 Å². The van der Waals surface area contributed by atoms with E-state index in [9.17, 15) is 19.7 Å². The van der Waals surface area contributed by atoms with E-state index in [1.54, 1.807) is 25.7 Å². The van der Waals surface area contributed by atoms with Gasteiger partial charge in [0, 0.05) is 12.6 Å². The monoisotopic (exact) mass is 380 g/mol. The van der Waals surface area contributed by atoms with E-state index in [0.717, 1.165) is 12.5 Å². The van der Waals surface area contributed by atoms with Crippen molar-refractivity contribution in [2.45, 2.75) is 45.3 Å². The molecule has 1 aliphatic heterocycles. The molecule has 0 bridgehead atoms. The SMILES string of the molecule is COC(=O)c1ccc(OC[C@@H]2CCCN2C(=O)OC(C)(C)C)c([N+](=O)[O-])c1. The van der Waals surface area contributed by atoms with Crippen LogP contribution in [-0.2, 0) is 9.47 Å². The summed E-state index contributed by atoms with van der Waals surface area (Å²) < 4.78 is 15.6. The number of hydrogen-bond donors (Lipinski definition) is 0. The first-order valence-corrected chi connectivity index (χ1v) is 8.61. The quantitative estimate of drug-likeness (QED) is 0.438. The molecule has 1 aromatic carbocycles. The fourth-order valence-corrected chi connectivity index (χ4v) is 2.78. The summed E-state index contributed by atoms with van der Waals surface area (Å²) in [6, 6.07) is 3.63. The largest absolute Gasteiger partial charge is 0.485 e. The van der Waals surface area contributed by atoms with Crippen molar-refractivity contribution in [1.82, 2.24) is 4.90 Å². The lowest BCUT2D eigenvalue weighted by molar-refractivity contribution is -0.385. The Morgan fingerprint density at radius 3 is 2.63 bits per heavy atom. The van der Waals surface area contributed by atoms with E-state index in [1.165, 1.54) is 19.2 Å². The molecule has 1 aliphatic rings. The summed E-state index contributed by atoms with van der Waals surface area (Å²) in [6.07, 6.45) is 1.09. The van der Waals surface area contributed by atoms with Gasteiger partial charge in [-0.3, -0.25) is 10.1 Å². The summed E-state index contributed by atoms with van der Waals surface area (Å²) in [5.74, 6) is -0.639. The van der Waals surface area contributed by atoms with E-state index < -0.39 is 22.6 Å². The van der Waals surface area contributed by atoms with Gasteiger partial charge in [-0.15, -0.1) is 0 Å². The van der Waals surface area contributed by atoms with Crippen molar-refractivity contribution >= 4 is 17.7 Å². The van der Waals surface area contributed by atoms with Gasteiger partial charge in [-0.2, -0.15) is 0 Å². The van der Waals surface area contributed by atoms with Gasteiger partial charge in [-0.25, -0.2) is 9.59 Å². The summed E-state index contributed by atoms with van der Waals surface area (Å²) in [4.78, 5) is 36.1. The lowest BCUT2D eigenvalue weighted by atomic mass is 10.2. The Labute approximate surface area is 157 Å². The van der Waals surface area contributed by atoms with Crippen LogP contribution in [0.2, 0.25) is 0 Å². The number of rotatable bonds is 5. The zero-order valence-electron chi connectivity index (χ0n) is 15.9. The zero-order valence-corrected chi connectivity index (χ0v) is 15.9. The number of esters is 1. The Morgan fingerprint density at radius 1 is 1.33 bits per heavy atom. The third-order valence-corrected chi connectivity index (χ3v) is 4.01. The number of benzene rings is 1. The third kappa shape index (κ3) is 5.32. The molecule has 0 radical (unpaired) electrons. The van der Waals surface area contributed by atoms with Crippen LogP contribution in [0.3, 0.4) is 0 Å². The molecule has 0 saturated carbocycles. The summed E-state index contributed by atoms with van der Waals surface area (Å²) in [5, 5.41) is 11.3. The fraction of sp³-hybridized carbons (Fsp3) is 0.556. The average Bonchev–Trinajstić information content (AvgIpc) is 3.06. The number of likely N-dealkylation sites (tertiary alicyclic amines) is 1. The highest BCUT2D eigenvalue weighted by molar-refractivity contribution is 5.90. The Kier molecular flexibility index (Phi) is 6.24. The van der Waals surface area contributed by atoms with Crippen LogP contribution in [0.25, 0.3) is 0 Å². The molecule has 0 N–H and O–H groups in total. The van der Waals surface area contributed by atoms with E-state index in [-0.39, 0.29) is 29.6 Å². The van der Waals surface area contributed by atoms with Gasteiger partial charge in [-0.1, -0.05) is 0 Å². The minimum atomic E-state index is -0.670. The van der Waals surface area contributed by atoms with Crippen LogP contribution in [0.5, 0.6) is 5.75 Å². The molecule has 148 valence electrons. The van der Waals surface area contributed by atoms with Crippen LogP contribution < -0.4 is 4.74 Å². The molecule has 1 fully saturated rings. The number of nitro benzene ring substituents is 1. The molecule has 0 aliphatic carbocycles. The standard InChI is InChI=1S/C18H24N2O7/c1-18(2,3)27-17(22)19-9-5-6-13(19)11-26-15-8-7-12(16(21)25-4)10-14(15)20(23)24/h7-8,10,13H,5-6,9,11H2,1-4H3/t13-/m0/s1. The number of carbonyl (C=O) groups excluding carboxylic acids is 2. The number of methoxy groups -OCH3 is 1. The number of nitro groups is 1. The van der Waals surface area contributed by atoms with Crippen molar-refractivity contribution in [3.05, 3.63) is 33.9 Å². The first-order chi connectivity index (χ1) is 12.6. The van der Waals surface area contributed by atoms with Crippen molar-refractivity contribution in [2.75, 3.05) is 20.3 Å². The highest BCUT2D eigenvalue weighted by Crippen LogP contribution is 2.30. The zero-order chi connectivity index (χ0) is 20.2. The molecule has 0 unspecified atom stereocenters. The minimum absolute atomic E-state index is 0.0312. The van der Waals surface area contributed by atoms with Crippen molar-refractivity contribution < 1.29 is 28.7 Å². The fourth-order valence-electron chi connectivity index (χ4n) is 2.78. The van der Waals surface area contributed by atoms with E-state index in [1.807, 2.05) is 0 Å². The topological polar surface area (TPSA) is 108 Å². The van der Waals surface area contributed by atoms with Gasteiger partial charge >= 0.3 is 17.7 Å². The Hall–Kier alpha value is -2.84. The molecule has 27 heavy (non-hydrogen) atoms. The second-order valence-corrected chi connectivity index (χ2v) is 7.21. The van der Waals surface area contributed by atoms with Crippen molar-refractivity contribution in [2.24, 2.45) is 0 Å². The van der Waals surface area contributed by atoms with E-state index in [2.05, 4.69) is 4.74 Å². The van der Waals surface area contributed by atoms with Crippen LogP contribution in [0, 0.1) is 10.1 Å². The van der Waals surface area contributed by atoms with Crippen LogP contribution >= 0.6 is 0 Å². The van der Waals surface area contributed by atoms with Gasteiger partial charge in [0.1, 0.15) is 12.2 Å². The van der Waals surface area contributed by atoms with Crippen LogP contribution in [0.1, 0.15) is 44.0 Å². The maximum Gasteiger partial charge on any atom is 0.410 e. The molecule has 9 nitrogen and oxygen atoms in total. The number of nitrogens with zero attached hydrogens (tertiary/aromatic N) is 2. The second-order valence-electron chi connectivity index (χ2n) is 7.21. The molecule has 1 amide bonds. The second kappa shape index (κ2) is 8.24. The Bertz CT molecular complexity index is 727. The Morgan fingerprint density at radius 2 is 2.04 bits per heavy atom. The maximum absolute atomic E-state index is 12.3. The molecule has 0 spiro atoms. The molecule has 1 atom stereocenters. The molecular formula is C18H24N2O7.